The number of nitrogens with zero attached hydrogens (tertiary/aromatic N) is 2. The van der Waals surface area contributed by atoms with Crippen LogP contribution in [0.3, 0.4) is 0 Å². The molecule has 0 aromatic heterocycles. The zero-order chi connectivity index (χ0) is 30.3. The summed E-state index contributed by atoms with van der Waals surface area (Å²) in [5.41, 5.74) is 1.84. The Labute approximate surface area is 247 Å². The Kier molecular flexibility index (Phi) is 9.95. The normalized spacial score (nSPS) is 13.0. The molecule has 11 heteroatoms. The molecule has 0 radical (unpaired) electrons. The summed E-state index contributed by atoms with van der Waals surface area (Å²) in [6.07, 6.45) is 1.28. The van der Waals surface area contributed by atoms with Gasteiger partial charge in [-0.1, -0.05) is 56.3 Å². The summed E-state index contributed by atoms with van der Waals surface area (Å²) < 4.78 is 43.2. The Hall–Kier alpha value is -4.25. The largest absolute Gasteiger partial charge is 0.497 e. The van der Waals surface area contributed by atoms with Gasteiger partial charge in [-0.3, -0.25) is 13.9 Å². The maximum Gasteiger partial charge on any atom is 0.244 e. The highest BCUT2D eigenvalue weighted by atomic mass is 32.2. The third kappa shape index (κ3) is 7.94. The Morgan fingerprint density at radius 1 is 0.952 bits per heavy atom. The number of rotatable bonds is 13. The topological polar surface area (TPSA) is 114 Å². The van der Waals surface area contributed by atoms with Crippen LogP contribution in [-0.2, 0) is 32.6 Å². The summed E-state index contributed by atoms with van der Waals surface area (Å²) >= 11 is 0. The Balaban J connectivity index is 1.73. The van der Waals surface area contributed by atoms with Gasteiger partial charge in [-0.15, -0.1) is 0 Å². The molecule has 0 bridgehead atoms. The number of fused-ring (bicyclic) bond motifs is 1. The molecule has 0 spiro atoms. The van der Waals surface area contributed by atoms with Crippen LogP contribution < -0.4 is 23.8 Å². The first-order valence-electron chi connectivity index (χ1n) is 13.7. The van der Waals surface area contributed by atoms with E-state index in [0.717, 1.165) is 21.7 Å². The van der Waals surface area contributed by atoms with Crippen LogP contribution in [-0.4, -0.2) is 64.4 Å². The van der Waals surface area contributed by atoms with E-state index in [-0.39, 0.29) is 37.3 Å². The van der Waals surface area contributed by atoms with Crippen LogP contribution in [0.5, 0.6) is 17.2 Å². The van der Waals surface area contributed by atoms with Gasteiger partial charge >= 0.3 is 0 Å². The van der Waals surface area contributed by atoms with Crippen molar-refractivity contribution in [2.75, 3.05) is 37.6 Å². The highest BCUT2D eigenvalue weighted by molar-refractivity contribution is 7.92. The standard InChI is InChI=1S/C31H37N3O7S/c1-22(2)18-32-31(36)27(16-23-9-6-5-7-10-23)33(19-24-11-8-12-26(15-24)39-3)30(35)20-34(42(4,37)38)25-13-14-28-29(17-25)41-21-40-28/h5-15,17,22,27H,16,18-21H2,1-4H3,(H,32,36)/t27-/m1/s1. The quantitative estimate of drug-likeness (QED) is 0.321. The minimum atomic E-state index is -3.90. The second kappa shape index (κ2) is 13.6. The van der Waals surface area contributed by atoms with Gasteiger partial charge in [-0.25, -0.2) is 8.42 Å². The second-order valence-corrected chi connectivity index (χ2v) is 12.4. The molecule has 3 aromatic rings. The summed E-state index contributed by atoms with van der Waals surface area (Å²) in [6, 6.07) is 20.4. The first kappa shape index (κ1) is 30.7. The molecule has 1 aliphatic heterocycles. The third-order valence-electron chi connectivity index (χ3n) is 6.77. The van der Waals surface area contributed by atoms with E-state index in [1.807, 2.05) is 50.2 Å². The number of sulfonamides is 1. The van der Waals surface area contributed by atoms with Gasteiger partial charge in [-0.2, -0.15) is 0 Å². The third-order valence-corrected chi connectivity index (χ3v) is 7.91. The van der Waals surface area contributed by atoms with E-state index in [1.165, 1.54) is 11.0 Å². The smallest absolute Gasteiger partial charge is 0.244 e. The van der Waals surface area contributed by atoms with Gasteiger partial charge in [0.25, 0.3) is 0 Å². The Morgan fingerprint density at radius 2 is 1.67 bits per heavy atom. The van der Waals surface area contributed by atoms with Gasteiger partial charge in [0.05, 0.1) is 19.1 Å². The van der Waals surface area contributed by atoms with E-state index < -0.39 is 28.5 Å². The molecule has 224 valence electrons. The van der Waals surface area contributed by atoms with Gasteiger partial charge in [0.1, 0.15) is 18.3 Å². The Bertz CT molecular complexity index is 1500. The summed E-state index contributed by atoms with van der Waals surface area (Å²) in [5.74, 6) is 0.807. The van der Waals surface area contributed by atoms with E-state index in [4.69, 9.17) is 14.2 Å². The predicted octanol–water partition coefficient (Wildman–Crippen LogP) is 3.60. The number of carbonyl (C=O) groups excluding carboxylic acids is 2. The lowest BCUT2D eigenvalue weighted by atomic mass is 10.0. The van der Waals surface area contributed by atoms with E-state index in [1.54, 1.807) is 37.4 Å². The molecular formula is C31H37N3O7S. The molecule has 1 heterocycles. The molecule has 10 nitrogen and oxygen atoms in total. The Morgan fingerprint density at radius 3 is 2.36 bits per heavy atom. The van der Waals surface area contributed by atoms with E-state index in [2.05, 4.69) is 5.32 Å². The van der Waals surface area contributed by atoms with Crippen LogP contribution >= 0.6 is 0 Å². The number of benzene rings is 3. The number of anilines is 1. The maximum atomic E-state index is 14.2. The van der Waals surface area contributed by atoms with Crippen LogP contribution in [0.2, 0.25) is 0 Å². The average Bonchev–Trinajstić information content (AvgIpc) is 3.44. The second-order valence-electron chi connectivity index (χ2n) is 10.5. The minimum absolute atomic E-state index is 0.0254. The van der Waals surface area contributed by atoms with Crippen molar-refractivity contribution >= 4 is 27.5 Å². The molecule has 42 heavy (non-hydrogen) atoms. The van der Waals surface area contributed by atoms with Gasteiger partial charge in [-0.05, 0) is 41.3 Å². The molecule has 1 aliphatic rings. The van der Waals surface area contributed by atoms with Gasteiger partial charge in [0, 0.05) is 25.6 Å². The number of methoxy groups -OCH3 is 1. The van der Waals surface area contributed by atoms with Crippen molar-refractivity contribution in [3.63, 3.8) is 0 Å². The molecule has 0 unspecified atom stereocenters. The molecule has 2 amide bonds. The van der Waals surface area contributed by atoms with E-state index >= 15 is 0 Å². The lowest BCUT2D eigenvalue weighted by molar-refractivity contribution is -0.140. The highest BCUT2D eigenvalue weighted by Crippen LogP contribution is 2.36. The zero-order valence-corrected chi connectivity index (χ0v) is 25.1. The fraction of sp³-hybridized carbons (Fsp3) is 0.355. The number of ether oxygens (including phenoxy) is 3. The van der Waals surface area contributed by atoms with Crippen molar-refractivity contribution in [3.8, 4) is 17.2 Å². The zero-order valence-electron chi connectivity index (χ0n) is 24.3. The minimum Gasteiger partial charge on any atom is -0.497 e. The molecule has 3 aromatic carbocycles. The molecule has 0 saturated heterocycles. The summed E-state index contributed by atoms with van der Waals surface area (Å²) in [4.78, 5) is 29.3. The van der Waals surface area contributed by atoms with Crippen molar-refractivity contribution in [2.24, 2.45) is 5.92 Å². The summed E-state index contributed by atoms with van der Waals surface area (Å²) in [6.45, 7) is 3.96. The number of carbonyl (C=O) groups is 2. The van der Waals surface area contributed by atoms with Crippen molar-refractivity contribution in [1.82, 2.24) is 10.2 Å². The van der Waals surface area contributed by atoms with Crippen LogP contribution in [0.4, 0.5) is 5.69 Å². The predicted molar refractivity (Wildman–Crippen MR) is 160 cm³/mol. The van der Waals surface area contributed by atoms with Gasteiger partial charge < -0.3 is 24.4 Å². The number of hydrogen-bond acceptors (Lipinski definition) is 7. The SMILES string of the molecule is COc1cccc(CN(C(=O)CN(c2ccc3c(c2)OCO3)S(C)(=O)=O)[C@H](Cc2ccccc2)C(=O)NCC(C)C)c1. The molecule has 0 saturated carbocycles. The van der Waals surface area contributed by atoms with Crippen molar-refractivity contribution < 1.29 is 32.2 Å². The van der Waals surface area contributed by atoms with Gasteiger partial charge in [0.15, 0.2) is 11.5 Å². The number of hydrogen-bond donors (Lipinski definition) is 1. The van der Waals surface area contributed by atoms with Crippen molar-refractivity contribution in [3.05, 3.63) is 83.9 Å². The first-order valence-corrected chi connectivity index (χ1v) is 15.5. The molecule has 0 fully saturated rings. The summed E-state index contributed by atoms with van der Waals surface area (Å²) in [5, 5.41) is 2.97. The first-order chi connectivity index (χ1) is 20.0. The van der Waals surface area contributed by atoms with E-state index in [0.29, 0.717) is 23.8 Å². The molecular weight excluding hydrogens is 558 g/mol. The molecule has 0 aliphatic carbocycles. The van der Waals surface area contributed by atoms with Gasteiger partial charge in [0.2, 0.25) is 28.6 Å². The van der Waals surface area contributed by atoms with Crippen LogP contribution in [0.1, 0.15) is 25.0 Å². The van der Waals surface area contributed by atoms with Crippen LogP contribution in [0.15, 0.2) is 72.8 Å². The fourth-order valence-corrected chi connectivity index (χ4v) is 5.44. The molecule has 4 rings (SSSR count). The number of amides is 2. The molecule has 1 N–H and O–H groups in total. The maximum absolute atomic E-state index is 14.2. The lowest BCUT2D eigenvalue weighted by Crippen LogP contribution is -2.53. The monoisotopic (exact) mass is 595 g/mol. The molecule has 1 atom stereocenters. The fourth-order valence-electron chi connectivity index (χ4n) is 4.60. The van der Waals surface area contributed by atoms with E-state index in [9.17, 15) is 18.0 Å². The number of nitrogens with one attached hydrogen (secondary N) is 1. The highest BCUT2D eigenvalue weighted by Gasteiger charge is 2.33. The lowest BCUT2D eigenvalue weighted by Gasteiger charge is -2.33. The van der Waals surface area contributed by atoms with Crippen LogP contribution in [0, 0.1) is 5.92 Å². The van der Waals surface area contributed by atoms with Crippen molar-refractivity contribution in [2.45, 2.75) is 32.9 Å². The van der Waals surface area contributed by atoms with Crippen LogP contribution in [0.25, 0.3) is 0 Å². The average molecular weight is 596 g/mol. The van der Waals surface area contributed by atoms with Crippen molar-refractivity contribution in [1.29, 1.82) is 0 Å². The summed E-state index contributed by atoms with van der Waals surface area (Å²) in [7, 11) is -2.35.